The molecule has 0 aliphatic carbocycles. The van der Waals surface area contributed by atoms with E-state index in [0.29, 0.717) is 29.5 Å². The van der Waals surface area contributed by atoms with Crippen molar-refractivity contribution in [2.45, 2.75) is 36.0 Å². The van der Waals surface area contributed by atoms with Crippen LogP contribution in [0.5, 0.6) is 11.5 Å². The minimum Gasteiger partial charge on any atom is -0.507 e. The monoisotopic (exact) mass is 655 g/mol. The average molecular weight is 656 g/mol. The van der Waals surface area contributed by atoms with Gasteiger partial charge in [0.25, 0.3) is 0 Å². The number of unbranched alkanes of at least 4 members (excludes halogenated alkanes) is 1. The number of aliphatic carboxylic acids is 1. The number of phenols is 1. The van der Waals surface area contributed by atoms with Crippen LogP contribution in [-0.4, -0.2) is 74.3 Å². The molecule has 0 aromatic heterocycles. The number of sulfonamides is 1. The molecule has 0 radical (unpaired) electrons. The lowest BCUT2D eigenvalue weighted by Crippen LogP contribution is -2.34. The minimum absolute atomic E-state index is 0. The summed E-state index contributed by atoms with van der Waals surface area (Å²) in [6.45, 7) is 1.29. The Morgan fingerprint density at radius 2 is 1.70 bits per heavy atom. The van der Waals surface area contributed by atoms with Gasteiger partial charge in [-0.2, -0.15) is 4.31 Å². The Bertz CT molecular complexity index is 1700. The molecule has 0 heterocycles. The highest BCUT2D eigenvalue weighted by Crippen LogP contribution is 2.33. The number of sulfone groups is 1. The zero-order chi connectivity index (χ0) is 31.1. The number of ether oxygens (including phenoxy) is 1. The fourth-order valence-corrected chi connectivity index (χ4v) is 6.74. The predicted octanol–water partition coefficient (Wildman–Crippen LogP) is 3.48. The van der Waals surface area contributed by atoms with E-state index in [-0.39, 0.29) is 54.0 Å². The van der Waals surface area contributed by atoms with E-state index in [1.807, 2.05) is 6.92 Å². The molecular formula is C28H34ClN3O9S2. The zero-order valence-corrected chi connectivity index (χ0v) is 26.0. The summed E-state index contributed by atoms with van der Waals surface area (Å²) >= 11 is 0. The number of aromatic hydroxyl groups is 1. The molecule has 0 fully saturated rings. The third-order valence-electron chi connectivity index (χ3n) is 6.39. The maximum absolute atomic E-state index is 13.7. The summed E-state index contributed by atoms with van der Waals surface area (Å²) in [6.07, 6.45) is 2.39. The van der Waals surface area contributed by atoms with Gasteiger partial charge in [0.05, 0.1) is 4.90 Å². The van der Waals surface area contributed by atoms with Gasteiger partial charge in [-0.3, -0.25) is 0 Å². The second kappa shape index (κ2) is 15.0. The molecule has 0 unspecified atom stereocenters. The normalized spacial score (nSPS) is 12.1. The molecule has 0 bridgehead atoms. The molecule has 0 aliphatic heterocycles. The van der Waals surface area contributed by atoms with E-state index in [4.69, 9.17) is 15.7 Å². The van der Waals surface area contributed by atoms with E-state index in [9.17, 15) is 31.8 Å². The summed E-state index contributed by atoms with van der Waals surface area (Å²) < 4.78 is 58.8. The van der Waals surface area contributed by atoms with Crippen LogP contribution in [0.25, 0.3) is 11.1 Å². The van der Waals surface area contributed by atoms with Crippen LogP contribution in [0.4, 0.5) is 0 Å². The largest absolute Gasteiger partial charge is 0.507 e. The number of rotatable bonds is 14. The number of phenolic OH excluding ortho intramolecular Hbond substituents is 1. The van der Waals surface area contributed by atoms with Gasteiger partial charge in [0, 0.05) is 30.5 Å². The van der Waals surface area contributed by atoms with Crippen LogP contribution in [0.2, 0.25) is 0 Å². The molecule has 12 nitrogen and oxygen atoms in total. The van der Waals surface area contributed by atoms with Gasteiger partial charge in [-0.1, -0.05) is 48.8 Å². The maximum Gasteiger partial charge on any atom is 0.341 e. The molecule has 3 aromatic carbocycles. The number of halogens is 1. The van der Waals surface area contributed by atoms with Crippen molar-refractivity contribution in [2.24, 2.45) is 10.9 Å². The van der Waals surface area contributed by atoms with Gasteiger partial charge >= 0.3 is 5.97 Å². The van der Waals surface area contributed by atoms with Crippen molar-refractivity contribution in [3.05, 3.63) is 71.8 Å². The number of hydrogen-bond acceptors (Lipinski definition) is 9. The molecule has 15 heteroatoms. The molecule has 5 N–H and O–H groups in total. The van der Waals surface area contributed by atoms with Gasteiger partial charge < -0.3 is 25.9 Å². The highest BCUT2D eigenvalue weighted by molar-refractivity contribution is 7.90. The SMILES string of the molecule is CCCCN(CCc1ccc(-c2ccccc2S(C)(=O)=O)cc1OCC(=O)O)S(=O)(=O)c1cc(C(N)=NO)ccc1O.Cl. The summed E-state index contributed by atoms with van der Waals surface area (Å²) in [5.41, 5.74) is 7.08. The van der Waals surface area contributed by atoms with E-state index in [2.05, 4.69) is 5.16 Å². The van der Waals surface area contributed by atoms with Gasteiger partial charge in [0.15, 0.2) is 22.3 Å². The van der Waals surface area contributed by atoms with Crippen LogP contribution in [0.3, 0.4) is 0 Å². The maximum atomic E-state index is 13.7. The van der Waals surface area contributed by atoms with Crippen molar-refractivity contribution in [3.63, 3.8) is 0 Å². The first-order valence-corrected chi connectivity index (χ1v) is 16.2. The topological polar surface area (TPSA) is 197 Å². The second-order valence-corrected chi connectivity index (χ2v) is 13.3. The smallest absolute Gasteiger partial charge is 0.341 e. The van der Waals surface area contributed by atoms with Crippen molar-refractivity contribution in [2.75, 3.05) is 26.0 Å². The highest BCUT2D eigenvalue weighted by Gasteiger charge is 2.28. The number of carbonyl (C=O) groups is 1. The fourth-order valence-electron chi connectivity index (χ4n) is 4.24. The van der Waals surface area contributed by atoms with Crippen LogP contribution >= 0.6 is 12.4 Å². The molecule has 0 saturated heterocycles. The molecule has 0 saturated carbocycles. The number of benzene rings is 3. The third kappa shape index (κ3) is 8.83. The molecule has 3 rings (SSSR count). The molecule has 0 aliphatic rings. The van der Waals surface area contributed by atoms with Crippen LogP contribution < -0.4 is 10.5 Å². The fraction of sp³-hybridized carbons (Fsp3) is 0.286. The minimum atomic E-state index is -4.26. The summed E-state index contributed by atoms with van der Waals surface area (Å²) in [5, 5.41) is 31.5. The van der Waals surface area contributed by atoms with Crippen molar-refractivity contribution >= 4 is 44.1 Å². The van der Waals surface area contributed by atoms with Crippen LogP contribution in [0.1, 0.15) is 30.9 Å². The quantitative estimate of drug-likeness (QED) is 0.0863. The third-order valence-corrected chi connectivity index (χ3v) is 9.47. The zero-order valence-electron chi connectivity index (χ0n) is 23.5. The van der Waals surface area contributed by atoms with E-state index >= 15 is 0 Å². The lowest BCUT2D eigenvalue weighted by molar-refractivity contribution is -0.139. The summed E-state index contributed by atoms with van der Waals surface area (Å²) in [7, 11) is -7.84. The Hall–Kier alpha value is -3.85. The van der Waals surface area contributed by atoms with Crippen LogP contribution in [0, 0.1) is 0 Å². The molecule has 0 spiro atoms. The molecular weight excluding hydrogens is 622 g/mol. The Balaban J connectivity index is 0.00000645. The number of oxime groups is 1. The van der Waals surface area contributed by atoms with Gasteiger partial charge in [0.2, 0.25) is 10.0 Å². The van der Waals surface area contributed by atoms with Gasteiger partial charge in [-0.25, -0.2) is 21.6 Å². The molecule has 234 valence electrons. The van der Waals surface area contributed by atoms with Crippen molar-refractivity contribution in [1.82, 2.24) is 4.31 Å². The lowest BCUT2D eigenvalue weighted by Gasteiger charge is -2.23. The Labute approximate surface area is 256 Å². The van der Waals surface area contributed by atoms with Gasteiger partial charge in [0.1, 0.15) is 16.4 Å². The number of nitrogens with zero attached hydrogens (tertiary/aromatic N) is 2. The molecule has 3 aromatic rings. The van der Waals surface area contributed by atoms with Crippen LogP contribution in [-0.2, 0) is 31.1 Å². The number of carboxylic acids is 1. The van der Waals surface area contributed by atoms with Crippen LogP contribution in [0.15, 0.2) is 75.6 Å². The summed E-state index contributed by atoms with van der Waals surface area (Å²) in [4.78, 5) is 10.9. The summed E-state index contributed by atoms with van der Waals surface area (Å²) in [5.74, 6) is -1.91. The standard InChI is InChI=1S/C28H33N3O9S2.ClH/c1-3-4-14-31(42(38,39)26-17-21(28(29)30-35)11-12-23(26)32)15-13-19-9-10-20(16-24(19)40-18-27(33)34)22-7-5-6-8-25(22)41(2,36)37;/h5-12,16-17,32,35H,3-4,13-15,18H2,1-2H3,(H2,29,30)(H,33,34);1H. The molecule has 43 heavy (non-hydrogen) atoms. The highest BCUT2D eigenvalue weighted by atomic mass is 35.5. The first-order valence-electron chi connectivity index (χ1n) is 12.9. The predicted molar refractivity (Wildman–Crippen MR) is 163 cm³/mol. The van der Waals surface area contributed by atoms with Gasteiger partial charge in [-0.05, 0) is 54.3 Å². The Morgan fingerprint density at radius 3 is 2.33 bits per heavy atom. The Kier molecular flexibility index (Phi) is 12.4. The number of amidine groups is 1. The van der Waals surface area contributed by atoms with Crippen molar-refractivity contribution in [3.8, 4) is 22.6 Å². The number of hydrogen-bond donors (Lipinski definition) is 4. The molecule has 0 amide bonds. The van der Waals surface area contributed by atoms with E-state index in [1.54, 1.807) is 30.3 Å². The van der Waals surface area contributed by atoms with E-state index in [1.165, 1.54) is 22.5 Å². The van der Waals surface area contributed by atoms with Crippen molar-refractivity contribution < 1.29 is 41.8 Å². The lowest BCUT2D eigenvalue weighted by atomic mass is 10.0. The first-order chi connectivity index (χ1) is 19.8. The average Bonchev–Trinajstić information content (AvgIpc) is 2.95. The number of nitrogens with two attached hydrogens (primary N) is 1. The number of carboxylic acid groups (broad SMARTS) is 1. The van der Waals surface area contributed by atoms with Crippen molar-refractivity contribution in [1.29, 1.82) is 0 Å². The summed E-state index contributed by atoms with van der Waals surface area (Å²) in [6, 6.07) is 14.8. The first kappa shape index (κ1) is 35.3. The molecule has 0 atom stereocenters. The van der Waals surface area contributed by atoms with Gasteiger partial charge in [-0.15, -0.1) is 12.4 Å². The second-order valence-electron chi connectivity index (χ2n) is 9.45. The Morgan fingerprint density at radius 1 is 1.00 bits per heavy atom. The van der Waals surface area contributed by atoms with E-state index < -0.39 is 43.1 Å². The van der Waals surface area contributed by atoms with E-state index in [0.717, 1.165) is 18.4 Å².